The maximum Gasteiger partial charge on any atom is 0.286 e. The normalized spacial score (nSPS) is 12.2. The number of amides is 1. The number of hydrogen-bond donors (Lipinski definition) is 0. The Morgan fingerprint density at radius 3 is 2.70 bits per heavy atom. The number of halogens is 1. The monoisotopic (exact) mass is 313 g/mol. The third-order valence-electron chi connectivity index (χ3n) is 2.87. The number of benzene rings is 1. The highest BCUT2D eigenvalue weighted by Gasteiger charge is 2.16. The average molecular weight is 314 g/mol. The lowest BCUT2D eigenvalue weighted by Crippen LogP contribution is -2.33. The largest absolute Gasteiger partial charge is 0.332 e. The summed E-state index contributed by atoms with van der Waals surface area (Å²) in [6, 6.07) is 8.24. The fraction of sp³-hybridized carbons (Fsp3) is 0.562. The van der Waals surface area contributed by atoms with Gasteiger partial charge < -0.3 is 4.90 Å². The molecule has 1 aromatic carbocycles. The first-order chi connectivity index (χ1) is 9.56. The molecule has 0 bridgehead atoms. The van der Waals surface area contributed by atoms with Gasteiger partial charge in [0.15, 0.2) is 0 Å². The summed E-state index contributed by atoms with van der Waals surface area (Å²) >= 11 is 7.32. The Morgan fingerprint density at radius 1 is 1.35 bits per heavy atom. The van der Waals surface area contributed by atoms with Gasteiger partial charge in [-0.1, -0.05) is 32.4 Å². The molecule has 0 aromatic heterocycles. The van der Waals surface area contributed by atoms with Crippen molar-refractivity contribution in [1.29, 1.82) is 0 Å². The van der Waals surface area contributed by atoms with Crippen LogP contribution in [0, 0.1) is 0 Å². The molecule has 0 aliphatic carbocycles. The van der Waals surface area contributed by atoms with Crippen LogP contribution in [0.4, 0.5) is 4.79 Å². The summed E-state index contributed by atoms with van der Waals surface area (Å²) in [6.45, 7) is 7.53. The van der Waals surface area contributed by atoms with Gasteiger partial charge in [-0.2, -0.15) is 0 Å². The molecule has 0 saturated carbocycles. The van der Waals surface area contributed by atoms with Crippen molar-refractivity contribution in [3.8, 4) is 0 Å². The van der Waals surface area contributed by atoms with Gasteiger partial charge >= 0.3 is 0 Å². The Balaban J connectivity index is 2.69. The minimum atomic E-state index is -0.0162. The Labute approximate surface area is 131 Å². The molecular weight excluding hydrogens is 290 g/mol. The van der Waals surface area contributed by atoms with Crippen LogP contribution in [0.1, 0.15) is 39.2 Å². The van der Waals surface area contributed by atoms with E-state index in [1.54, 1.807) is 0 Å². The van der Waals surface area contributed by atoms with Crippen LogP contribution in [0.2, 0.25) is 0 Å². The van der Waals surface area contributed by atoms with Crippen LogP contribution in [0.25, 0.3) is 0 Å². The number of carbonyl (C=O) groups excluding carboxylic acids is 1. The molecule has 1 unspecified atom stereocenters. The van der Waals surface area contributed by atoms with Crippen molar-refractivity contribution in [2.45, 2.75) is 50.3 Å². The molecule has 0 saturated heterocycles. The van der Waals surface area contributed by atoms with Crippen LogP contribution in [0.15, 0.2) is 29.2 Å². The van der Waals surface area contributed by atoms with Crippen molar-refractivity contribution in [3.63, 3.8) is 0 Å². The van der Waals surface area contributed by atoms with Gasteiger partial charge in [-0.3, -0.25) is 4.79 Å². The van der Waals surface area contributed by atoms with E-state index in [0.29, 0.717) is 6.54 Å². The lowest BCUT2D eigenvalue weighted by atomic mass is 10.1. The third kappa shape index (κ3) is 6.19. The van der Waals surface area contributed by atoms with Crippen LogP contribution >= 0.6 is 23.4 Å². The SMILES string of the molecule is CCCc1cccc(SC(=O)N(CCC)CC(C)Cl)c1. The van der Waals surface area contributed by atoms with E-state index >= 15 is 0 Å². The molecule has 0 fully saturated rings. The molecular formula is C16H24ClNOS. The van der Waals surface area contributed by atoms with E-state index in [0.717, 1.165) is 30.7 Å². The fourth-order valence-corrected chi connectivity index (χ4v) is 3.07. The standard InChI is InChI=1S/C16H24ClNOS/c1-4-7-14-8-6-9-15(11-14)20-16(19)18(10-5-2)12-13(3)17/h6,8-9,11,13H,4-5,7,10,12H2,1-3H3. The van der Waals surface area contributed by atoms with E-state index in [1.165, 1.54) is 17.3 Å². The van der Waals surface area contributed by atoms with Gasteiger partial charge in [0.1, 0.15) is 0 Å². The number of rotatable bonds is 7. The van der Waals surface area contributed by atoms with Crippen molar-refractivity contribution in [1.82, 2.24) is 4.90 Å². The maximum atomic E-state index is 12.3. The van der Waals surface area contributed by atoms with E-state index in [9.17, 15) is 4.79 Å². The highest BCUT2D eigenvalue weighted by atomic mass is 35.5. The minimum absolute atomic E-state index is 0.0162. The summed E-state index contributed by atoms with van der Waals surface area (Å²) in [5.41, 5.74) is 1.29. The zero-order valence-electron chi connectivity index (χ0n) is 12.6. The zero-order chi connectivity index (χ0) is 15.0. The lowest BCUT2D eigenvalue weighted by molar-refractivity contribution is 0.223. The number of nitrogens with zero attached hydrogens (tertiary/aromatic N) is 1. The van der Waals surface area contributed by atoms with Gasteiger partial charge in [-0.25, -0.2) is 0 Å². The zero-order valence-corrected chi connectivity index (χ0v) is 14.1. The van der Waals surface area contributed by atoms with Crippen molar-refractivity contribution in [2.24, 2.45) is 0 Å². The highest BCUT2D eigenvalue weighted by Crippen LogP contribution is 2.23. The second-order valence-electron chi connectivity index (χ2n) is 4.99. The van der Waals surface area contributed by atoms with E-state index in [-0.39, 0.29) is 10.6 Å². The van der Waals surface area contributed by atoms with Gasteiger partial charge in [-0.05, 0) is 49.2 Å². The second-order valence-corrected chi connectivity index (χ2v) is 6.76. The quantitative estimate of drug-likeness (QED) is 0.510. The average Bonchev–Trinajstić information content (AvgIpc) is 2.38. The number of alkyl halides is 1. The Kier molecular flexibility index (Phi) is 8.08. The molecule has 1 rings (SSSR count). The Bertz CT molecular complexity index is 423. The number of hydrogen-bond acceptors (Lipinski definition) is 2. The van der Waals surface area contributed by atoms with Crippen molar-refractivity contribution < 1.29 is 4.79 Å². The van der Waals surface area contributed by atoms with Crippen LogP contribution < -0.4 is 0 Å². The molecule has 1 atom stereocenters. The summed E-state index contributed by atoms with van der Waals surface area (Å²) in [4.78, 5) is 15.2. The molecule has 2 nitrogen and oxygen atoms in total. The summed E-state index contributed by atoms with van der Waals surface area (Å²) in [5.74, 6) is 0. The van der Waals surface area contributed by atoms with E-state index in [2.05, 4.69) is 26.0 Å². The van der Waals surface area contributed by atoms with Gasteiger partial charge in [0.25, 0.3) is 5.24 Å². The third-order valence-corrected chi connectivity index (χ3v) is 3.93. The molecule has 0 radical (unpaired) electrons. The predicted molar refractivity (Wildman–Crippen MR) is 88.9 cm³/mol. The molecule has 0 N–H and O–H groups in total. The van der Waals surface area contributed by atoms with Gasteiger partial charge in [0, 0.05) is 23.4 Å². The van der Waals surface area contributed by atoms with Gasteiger partial charge in [0.2, 0.25) is 0 Å². The van der Waals surface area contributed by atoms with E-state index in [1.807, 2.05) is 24.0 Å². The number of thioether (sulfide) groups is 1. The smallest absolute Gasteiger partial charge is 0.286 e. The molecule has 0 spiro atoms. The second kappa shape index (κ2) is 9.30. The Hall–Kier alpha value is -0.670. The predicted octanol–water partition coefficient (Wildman–Crippen LogP) is 5.19. The highest BCUT2D eigenvalue weighted by molar-refractivity contribution is 8.13. The topological polar surface area (TPSA) is 20.3 Å². The molecule has 112 valence electrons. The van der Waals surface area contributed by atoms with Crippen LogP contribution in [0.5, 0.6) is 0 Å². The summed E-state index contributed by atoms with van der Waals surface area (Å²) in [7, 11) is 0. The molecule has 0 heterocycles. The maximum absolute atomic E-state index is 12.3. The van der Waals surface area contributed by atoms with Gasteiger partial charge in [0.05, 0.1) is 0 Å². The van der Waals surface area contributed by atoms with Crippen molar-refractivity contribution in [3.05, 3.63) is 29.8 Å². The van der Waals surface area contributed by atoms with Crippen LogP contribution in [0.3, 0.4) is 0 Å². The fourth-order valence-electron chi connectivity index (χ4n) is 2.05. The summed E-state index contributed by atoms with van der Waals surface area (Å²) in [6.07, 6.45) is 3.12. The van der Waals surface area contributed by atoms with E-state index < -0.39 is 0 Å². The van der Waals surface area contributed by atoms with Gasteiger partial charge in [-0.15, -0.1) is 11.6 Å². The Morgan fingerprint density at radius 2 is 2.10 bits per heavy atom. The van der Waals surface area contributed by atoms with Crippen LogP contribution in [-0.4, -0.2) is 28.6 Å². The first kappa shape index (κ1) is 17.4. The van der Waals surface area contributed by atoms with Crippen molar-refractivity contribution in [2.75, 3.05) is 13.1 Å². The first-order valence-corrected chi connectivity index (χ1v) is 8.51. The molecule has 1 aromatic rings. The lowest BCUT2D eigenvalue weighted by Gasteiger charge is -2.22. The molecule has 0 aliphatic rings. The molecule has 20 heavy (non-hydrogen) atoms. The first-order valence-electron chi connectivity index (χ1n) is 7.26. The number of aryl methyl sites for hydroxylation is 1. The van der Waals surface area contributed by atoms with Crippen LogP contribution in [-0.2, 0) is 6.42 Å². The number of carbonyl (C=O) groups is 1. The minimum Gasteiger partial charge on any atom is -0.332 e. The van der Waals surface area contributed by atoms with E-state index in [4.69, 9.17) is 11.6 Å². The van der Waals surface area contributed by atoms with Crippen molar-refractivity contribution >= 4 is 28.6 Å². The molecule has 4 heteroatoms. The summed E-state index contributed by atoms with van der Waals surface area (Å²) in [5, 5.41) is 0.0746. The molecule has 0 aliphatic heterocycles. The molecule has 1 amide bonds. The summed E-state index contributed by atoms with van der Waals surface area (Å²) < 4.78 is 0.